The van der Waals surface area contributed by atoms with Crippen molar-refractivity contribution in [2.24, 2.45) is 7.05 Å². The Morgan fingerprint density at radius 1 is 1.10 bits per heavy atom. The van der Waals surface area contributed by atoms with E-state index in [-0.39, 0.29) is 17.8 Å². The summed E-state index contributed by atoms with van der Waals surface area (Å²) in [7, 11) is 1.55. The van der Waals surface area contributed by atoms with E-state index in [1.807, 2.05) is 36.6 Å². The zero-order chi connectivity index (χ0) is 22.4. The Bertz CT molecular complexity index is 1450. The lowest BCUT2D eigenvalue weighted by atomic mass is 10.1. The summed E-state index contributed by atoms with van der Waals surface area (Å²) < 4.78 is 10.9. The molecule has 31 heavy (non-hydrogen) atoms. The molecule has 0 spiro atoms. The molecule has 0 radical (unpaired) electrons. The minimum absolute atomic E-state index is 0.172. The van der Waals surface area contributed by atoms with Crippen molar-refractivity contribution in [2.45, 2.75) is 40.7 Å². The molecule has 0 N–H and O–H groups in total. The van der Waals surface area contributed by atoms with Crippen LogP contribution in [0.25, 0.3) is 22.6 Å². The van der Waals surface area contributed by atoms with Gasteiger partial charge in [0.15, 0.2) is 11.2 Å². The third-order valence-corrected chi connectivity index (χ3v) is 5.72. The van der Waals surface area contributed by atoms with E-state index < -0.39 is 23.8 Å². The van der Waals surface area contributed by atoms with Crippen molar-refractivity contribution in [1.82, 2.24) is 23.1 Å². The van der Waals surface area contributed by atoms with Crippen LogP contribution in [0.5, 0.6) is 0 Å². The van der Waals surface area contributed by atoms with Gasteiger partial charge in [-0.15, -0.1) is 0 Å². The minimum atomic E-state index is -0.635. The number of carbonyl (C=O) groups is 1. The SMILES string of the molecule is CCOC(=O)Cn1c(=O)c2c(nc3n(-c4ccccc4CC)c(C)c(C)n23)n(C)c1=O. The van der Waals surface area contributed by atoms with Crippen LogP contribution in [0.1, 0.15) is 30.8 Å². The highest BCUT2D eigenvalue weighted by molar-refractivity contribution is 5.78. The molecule has 0 unspecified atom stereocenters. The molecule has 0 bridgehead atoms. The maximum Gasteiger partial charge on any atom is 0.333 e. The third-order valence-electron chi connectivity index (χ3n) is 5.72. The fourth-order valence-electron chi connectivity index (χ4n) is 4.04. The quantitative estimate of drug-likeness (QED) is 0.457. The highest BCUT2D eigenvalue weighted by atomic mass is 16.5. The van der Waals surface area contributed by atoms with Gasteiger partial charge in [-0.05, 0) is 38.8 Å². The van der Waals surface area contributed by atoms with Crippen LogP contribution in [0.3, 0.4) is 0 Å². The lowest BCUT2D eigenvalue weighted by Crippen LogP contribution is -2.41. The molecule has 9 heteroatoms. The molecule has 0 fully saturated rings. The number of nitrogens with zero attached hydrogens (tertiary/aromatic N) is 5. The van der Waals surface area contributed by atoms with E-state index >= 15 is 0 Å². The predicted molar refractivity (Wildman–Crippen MR) is 117 cm³/mol. The normalized spacial score (nSPS) is 11.5. The first-order chi connectivity index (χ1) is 14.8. The fourth-order valence-corrected chi connectivity index (χ4v) is 4.04. The number of ether oxygens (including phenoxy) is 1. The first-order valence-corrected chi connectivity index (χ1v) is 10.3. The number of para-hydroxylation sites is 1. The van der Waals surface area contributed by atoms with E-state index in [1.54, 1.807) is 18.4 Å². The Kier molecular flexibility index (Phi) is 5.04. The molecule has 0 aliphatic carbocycles. The Labute approximate surface area is 178 Å². The third kappa shape index (κ3) is 2.99. The average Bonchev–Trinajstić information content (AvgIpc) is 3.25. The first kappa shape index (κ1) is 20.6. The van der Waals surface area contributed by atoms with E-state index in [1.165, 1.54) is 4.57 Å². The summed E-state index contributed by atoms with van der Waals surface area (Å²) in [5.41, 5.74) is 3.25. The zero-order valence-electron chi connectivity index (χ0n) is 18.3. The Hall–Kier alpha value is -3.62. The van der Waals surface area contributed by atoms with Crippen molar-refractivity contribution < 1.29 is 9.53 Å². The summed E-state index contributed by atoms with van der Waals surface area (Å²) >= 11 is 0. The predicted octanol–water partition coefficient (Wildman–Crippen LogP) is 1.88. The van der Waals surface area contributed by atoms with E-state index in [4.69, 9.17) is 4.74 Å². The molecule has 9 nitrogen and oxygen atoms in total. The van der Waals surface area contributed by atoms with E-state index in [9.17, 15) is 14.4 Å². The number of aromatic nitrogens is 5. The number of hydrogen-bond acceptors (Lipinski definition) is 5. The number of fused-ring (bicyclic) bond motifs is 3. The molecule has 1 aromatic carbocycles. The highest BCUT2D eigenvalue weighted by Gasteiger charge is 2.24. The highest BCUT2D eigenvalue weighted by Crippen LogP contribution is 2.26. The van der Waals surface area contributed by atoms with Crippen molar-refractivity contribution >= 4 is 22.9 Å². The second-order valence-corrected chi connectivity index (χ2v) is 7.45. The van der Waals surface area contributed by atoms with Crippen LogP contribution in [0.4, 0.5) is 0 Å². The Balaban J connectivity index is 2.10. The van der Waals surface area contributed by atoms with Crippen molar-refractivity contribution in [3.63, 3.8) is 0 Å². The van der Waals surface area contributed by atoms with Gasteiger partial charge in [0.1, 0.15) is 6.54 Å². The lowest BCUT2D eigenvalue weighted by Gasteiger charge is -2.11. The second-order valence-electron chi connectivity index (χ2n) is 7.45. The Morgan fingerprint density at radius 2 is 1.81 bits per heavy atom. The molecule has 0 amide bonds. The smallest absolute Gasteiger partial charge is 0.333 e. The van der Waals surface area contributed by atoms with Crippen LogP contribution in [-0.2, 0) is 29.5 Å². The van der Waals surface area contributed by atoms with Crippen molar-refractivity contribution in [3.05, 3.63) is 62.1 Å². The summed E-state index contributed by atoms with van der Waals surface area (Å²) in [6.45, 7) is 7.37. The van der Waals surface area contributed by atoms with Gasteiger partial charge in [-0.25, -0.2) is 9.36 Å². The van der Waals surface area contributed by atoms with Gasteiger partial charge in [0.2, 0.25) is 5.78 Å². The summed E-state index contributed by atoms with van der Waals surface area (Å²) in [6.07, 6.45) is 0.837. The van der Waals surface area contributed by atoms with Crippen molar-refractivity contribution in [2.75, 3.05) is 6.61 Å². The molecular formula is C22H25N5O4. The number of rotatable bonds is 5. The maximum atomic E-state index is 13.3. The van der Waals surface area contributed by atoms with Crippen LogP contribution >= 0.6 is 0 Å². The number of esters is 1. The van der Waals surface area contributed by atoms with Gasteiger partial charge in [0.05, 0.1) is 12.3 Å². The van der Waals surface area contributed by atoms with Crippen LogP contribution in [-0.4, -0.2) is 35.7 Å². The fraction of sp³-hybridized carbons (Fsp3) is 0.364. The van der Waals surface area contributed by atoms with E-state index in [2.05, 4.69) is 18.0 Å². The van der Waals surface area contributed by atoms with E-state index in [0.29, 0.717) is 5.78 Å². The summed E-state index contributed by atoms with van der Waals surface area (Å²) in [4.78, 5) is 42.8. The summed E-state index contributed by atoms with van der Waals surface area (Å²) in [5, 5.41) is 0. The van der Waals surface area contributed by atoms with Crippen molar-refractivity contribution in [3.8, 4) is 5.69 Å². The molecule has 3 aromatic heterocycles. The second kappa shape index (κ2) is 7.57. The molecule has 0 saturated carbocycles. The van der Waals surface area contributed by atoms with Crippen LogP contribution < -0.4 is 11.2 Å². The minimum Gasteiger partial charge on any atom is -0.465 e. The lowest BCUT2D eigenvalue weighted by molar-refractivity contribution is -0.143. The molecule has 162 valence electrons. The van der Waals surface area contributed by atoms with Gasteiger partial charge in [-0.3, -0.25) is 23.1 Å². The van der Waals surface area contributed by atoms with E-state index in [0.717, 1.165) is 33.6 Å². The van der Waals surface area contributed by atoms with Gasteiger partial charge in [0, 0.05) is 18.4 Å². The number of hydrogen-bond donors (Lipinski definition) is 0. The maximum absolute atomic E-state index is 13.3. The molecule has 4 rings (SSSR count). The van der Waals surface area contributed by atoms with Gasteiger partial charge >= 0.3 is 11.7 Å². The summed E-state index contributed by atoms with van der Waals surface area (Å²) in [6, 6.07) is 8.03. The molecule has 3 heterocycles. The van der Waals surface area contributed by atoms with Gasteiger partial charge < -0.3 is 4.74 Å². The zero-order valence-corrected chi connectivity index (χ0v) is 18.3. The molecular weight excluding hydrogens is 398 g/mol. The average molecular weight is 423 g/mol. The molecule has 0 aliphatic rings. The van der Waals surface area contributed by atoms with Gasteiger partial charge in [-0.1, -0.05) is 25.1 Å². The molecule has 0 saturated heterocycles. The van der Waals surface area contributed by atoms with Crippen molar-refractivity contribution in [1.29, 1.82) is 0 Å². The molecule has 4 aromatic rings. The number of aryl methyl sites for hydroxylation is 3. The standard InChI is InChI=1S/C22H25N5O4/c1-6-15-10-8-9-11-16(15)26-13(3)14(4)27-18-19(23-21(26)27)24(5)22(30)25(20(18)29)12-17(28)31-7-2/h8-11H,6-7,12H2,1-5H3. The topological polar surface area (TPSA) is 92.5 Å². The molecule has 0 aliphatic heterocycles. The largest absolute Gasteiger partial charge is 0.465 e. The number of benzene rings is 1. The van der Waals surface area contributed by atoms with Crippen LogP contribution in [0.15, 0.2) is 33.9 Å². The van der Waals surface area contributed by atoms with Crippen LogP contribution in [0.2, 0.25) is 0 Å². The first-order valence-electron chi connectivity index (χ1n) is 10.3. The summed E-state index contributed by atoms with van der Waals surface area (Å²) in [5.74, 6) is -0.0870. The number of imidazole rings is 2. The van der Waals surface area contributed by atoms with Crippen LogP contribution in [0, 0.1) is 13.8 Å². The number of carbonyl (C=O) groups excluding carboxylic acids is 1. The monoisotopic (exact) mass is 423 g/mol. The molecule has 0 atom stereocenters. The van der Waals surface area contributed by atoms with Gasteiger partial charge in [-0.2, -0.15) is 4.98 Å². The van der Waals surface area contributed by atoms with Gasteiger partial charge in [0.25, 0.3) is 5.56 Å². The Morgan fingerprint density at radius 3 is 2.48 bits per heavy atom.